The first-order valence-electron chi connectivity index (χ1n) is 7.62. The molecule has 1 aromatic carbocycles. The number of primary amides is 1. The van der Waals surface area contributed by atoms with E-state index in [1.807, 2.05) is 31.2 Å². The number of aryl methyl sites for hydroxylation is 1. The van der Waals surface area contributed by atoms with Gasteiger partial charge in [-0.1, -0.05) is 18.2 Å². The summed E-state index contributed by atoms with van der Waals surface area (Å²) >= 11 is 0. The van der Waals surface area contributed by atoms with Gasteiger partial charge in [0.1, 0.15) is 5.82 Å². The van der Waals surface area contributed by atoms with E-state index in [4.69, 9.17) is 5.73 Å². The number of carbonyl (C=O) groups excluding carboxylic acids is 1. The van der Waals surface area contributed by atoms with E-state index in [0.717, 1.165) is 48.5 Å². The molecule has 6 heteroatoms. The number of hydrogen-bond acceptors (Lipinski definition) is 4. The summed E-state index contributed by atoms with van der Waals surface area (Å²) in [6.07, 6.45) is 0.926. The number of nitrogens with zero attached hydrogens (tertiary/aromatic N) is 4. The predicted octanol–water partition coefficient (Wildman–Crippen LogP) is 1.52. The summed E-state index contributed by atoms with van der Waals surface area (Å²) in [6, 6.07) is 7.73. The van der Waals surface area contributed by atoms with Crippen molar-refractivity contribution in [3.05, 3.63) is 35.8 Å². The van der Waals surface area contributed by atoms with Crippen molar-refractivity contribution in [1.82, 2.24) is 19.8 Å². The molecule has 1 aromatic heterocycles. The van der Waals surface area contributed by atoms with Gasteiger partial charge in [0.2, 0.25) is 0 Å². The Morgan fingerprint density at radius 3 is 2.82 bits per heavy atom. The molecule has 22 heavy (non-hydrogen) atoms. The number of para-hydroxylation sites is 1. The molecule has 1 saturated heterocycles. The maximum atomic E-state index is 11.3. The Morgan fingerprint density at radius 2 is 2.00 bits per heavy atom. The van der Waals surface area contributed by atoms with Crippen LogP contribution < -0.4 is 5.73 Å². The average Bonchev–Trinajstić information content (AvgIpc) is 2.73. The molecule has 1 aliphatic rings. The minimum atomic E-state index is -0.334. The Hall–Kier alpha value is -2.21. The fraction of sp³-hybridized carbons (Fsp3) is 0.438. The molecule has 3 rings (SSSR count). The van der Waals surface area contributed by atoms with E-state index in [9.17, 15) is 4.79 Å². The molecule has 0 bridgehead atoms. The molecular formula is C16H21N5O. The van der Waals surface area contributed by atoms with Crippen LogP contribution in [0.25, 0.3) is 10.9 Å². The van der Waals surface area contributed by atoms with Crippen LogP contribution >= 0.6 is 0 Å². The van der Waals surface area contributed by atoms with Crippen molar-refractivity contribution >= 4 is 16.9 Å². The van der Waals surface area contributed by atoms with Crippen molar-refractivity contribution in [2.45, 2.75) is 19.9 Å². The second kappa shape index (κ2) is 6.27. The molecule has 0 saturated carbocycles. The van der Waals surface area contributed by atoms with Crippen molar-refractivity contribution in [3.8, 4) is 0 Å². The number of urea groups is 1. The van der Waals surface area contributed by atoms with Gasteiger partial charge in [0.05, 0.1) is 12.1 Å². The minimum Gasteiger partial charge on any atom is -0.351 e. The van der Waals surface area contributed by atoms with E-state index >= 15 is 0 Å². The van der Waals surface area contributed by atoms with Crippen molar-refractivity contribution in [3.63, 3.8) is 0 Å². The van der Waals surface area contributed by atoms with Gasteiger partial charge in [0.15, 0.2) is 0 Å². The molecule has 1 aliphatic heterocycles. The Kier molecular flexibility index (Phi) is 4.20. The molecule has 2 aromatic rings. The molecule has 0 unspecified atom stereocenters. The summed E-state index contributed by atoms with van der Waals surface area (Å²) in [6.45, 7) is 5.85. The molecule has 0 spiro atoms. The predicted molar refractivity (Wildman–Crippen MR) is 85.3 cm³/mol. The fourth-order valence-electron chi connectivity index (χ4n) is 2.92. The van der Waals surface area contributed by atoms with E-state index < -0.39 is 0 Å². The molecule has 2 amide bonds. The second-order valence-electron chi connectivity index (χ2n) is 5.70. The SMILES string of the molecule is Cc1nc(CN2CCCN(C(N)=O)CC2)nc2ccccc12. The number of carbonyl (C=O) groups is 1. The van der Waals surface area contributed by atoms with Crippen LogP contribution in [0, 0.1) is 6.92 Å². The van der Waals surface area contributed by atoms with Crippen molar-refractivity contribution in [2.75, 3.05) is 26.2 Å². The highest BCUT2D eigenvalue weighted by atomic mass is 16.2. The molecule has 2 heterocycles. The van der Waals surface area contributed by atoms with E-state index in [1.54, 1.807) is 4.90 Å². The van der Waals surface area contributed by atoms with Gasteiger partial charge in [-0.2, -0.15) is 0 Å². The molecule has 0 radical (unpaired) electrons. The van der Waals surface area contributed by atoms with Crippen molar-refractivity contribution in [1.29, 1.82) is 0 Å². The molecular weight excluding hydrogens is 278 g/mol. The monoisotopic (exact) mass is 299 g/mol. The number of rotatable bonds is 2. The molecule has 2 N–H and O–H groups in total. The van der Waals surface area contributed by atoms with Crippen molar-refractivity contribution in [2.24, 2.45) is 5.73 Å². The Balaban J connectivity index is 1.74. The number of aromatic nitrogens is 2. The molecule has 0 aliphatic carbocycles. The maximum Gasteiger partial charge on any atom is 0.314 e. The largest absolute Gasteiger partial charge is 0.351 e. The van der Waals surface area contributed by atoms with Crippen LogP contribution in [-0.2, 0) is 6.54 Å². The van der Waals surface area contributed by atoms with Gasteiger partial charge in [-0.05, 0) is 19.4 Å². The van der Waals surface area contributed by atoms with E-state index in [-0.39, 0.29) is 6.03 Å². The quantitative estimate of drug-likeness (QED) is 0.912. The van der Waals surface area contributed by atoms with E-state index in [1.165, 1.54) is 0 Å². The topological polar surface area (TPSA) is 75.3 Å². The third kappa shape index (κ3) is 3.17. The van der Waals surface area contributed by atoms with Gasteiger partial charge in [0.25, 0.3) is 0 Å². The molecule has 116 valence electrons. The standard InChI is InChI=1S/C16H21N5O/c1-12-13-5-2-3-6-14(13)19-15(18-12)11-20-7-4-8-21(10-9-20)16(17)22/h2-3,5-6H,4,7-11H2,1H3,(H2,17,22). The van der Waals surface area contributed by atoms with E-state index in [2.05, 4.69) is 14.9 Å². The maximum absolute atomic E-state index is 11.3. The van der Waals surface area contributed by atoms with Gasteiger partial charge in [0, 0.05) is 37.3 Å². The van der Waals surface area contributed by atoms with Gasteiger partial charge in [-0.25, -0.2) is 14.8 Å². The van der Waals surface area contributed by atoms with Crippen molar-refractivity contribution < 1.29 is 4.79 Å². The highest BCUT2D eigenvalue weighted by Crippen LogP contribution is 2.15. The zero-order valence-electron chi connectivity index (χ0n) is 12.8. The van der Waals surface area contributed by atoms with Gasteiger partial charge in [-0.3, -0.25) is 4.90 Å². The highest BCUT2D eigenvalue weighted by molar-refractivity contribution is 5.80. The smallest absolute Gasteiger partial charge is 0.314 e. The summed E-state index contributed by atoms with van der Waals surface area (Å²) in [5, 5.41) is 1.10. The lowest BCUT2D eigenvalue weighted by atomic mass is 10.2. The Bertz CT molecular complexity index is 687. The zero-order chi connectivity index (χ0) is 15.5. The number of fused-ring (bicyclic) bond motifs is 1. The highest BCUT2D eigenvalue weighted by Gasteiger charge is 2.18. The second-order valence-corrected chi connectivity index (χ2v) is 5.70. The lowest BCUT2D eigenvalue weighted by Crippen LogP contribution is -2.38. The average molecular weight is 299 g/mol. The summed E-state index contributed by atoms with van der Waals surface area (Å²) in [5.41, 5.74) is 7.35. The molecule has 0 atom stereocenters. The first-order chi connectivity index (χ1) is 10.6. The third-order valence-corrected chi connectivity index (χ3v) is 4.11. The molecule has 6 nitrogen and oxygen atoms in total. The number of amides is 2. The normalized spacial score (nSPS) is 16.7. The first-order valence-corrected chi connectivity index (χ1v) is 7.62. The van der Waals surface area contributed by atoms with Gasteiger partial charge >= 0.3 is 6.03 Å². The zero-order valence-corrected chi connectivity index (χ0v) is 12.8. The third-order valence-electron chi connectivity index (χ3n) is 4.11. The first kappa shape index (κ1) is 14.7. The number of hydrogen-bond donors (Lipinski definition) is 1. The van der Waals surface area contributed by atoms with Crippen LogP contribution in [0.3, 0.4) is 0 Å². The number of nitrogens with two attached hydrogens (primary N) is 1. The Labute approximate surface area is 129 Å². The van der Waals surface area contributed by atoms with Gasteiger partial charge < -0.3 is 10.6 Å². The van der Waals surface area contributed by atoms with Crippen LogP contribution in [0.4, 0.5) is 4.79 Å². The summed E-state index contributed by atoms with van der Waals surface area (Å²) in [7, 11) is 0. The van der Waals surface area contributed by atoms with Crippen LogP contribution in [0.15, 0.2) is 24.3 Å². The number of benzene rings is 1. The summed E-state index contributed by atoms with van der Waals surface area (Å²) < 4.78 is 0. The van der Waals surface area contributed by atoms with Gasteiger partial charge in [-0.15, -0.1) is 0 Å². The lowest BCUT2D eigenvalue weighted by Gasteiger charge is -2.20. The van der Waals surface area contributed by atoms with E-state index in [0.29, 0.717) is 13.1 Å². The minimum absolute atomic E-state index is 0.334. The van der Waals surface area contributed by atoms with Crippen LogP contribution in [-0.4, -0.2) is 52.0 Å². The van der Waals surface area contributed by atoms with Crippen LogP contribution in [0.1, 0.15) is 17.9 Å². The summed E-state index contributed by atoms with van der Waals surface area (Å²) in [4.78, 5) is 24.5. The fourth-order valence-corrected chi connectivity index (χ4v) is 2.92. The Morgan fingerprint density at radius 1 is 1.18 bits per heavy atom. The summed E-state index contributed by atoms with van der Waals surface area (Å²) in [5.74, 6) is 0.837. The molecule has 1 fully saturated rings. The van der Waals surface area contributed by atoms with Crippen LogP contribution in [0.5, 0.6) is 0 Å². The lowest BCUT2D eigenvalue weighted by molar-refractivity contribution is 0.206. The van der Waals surface area contributed by atoms with Crippen LogP contribution in [0.2, 0.25) is 0 Å².